The summed E-state index contributed by atoms with van der Waals surface area (Å²) in [7, 11) is 0. The largest absolute Gasteiger partial charge is 0.506 e. The van der Waals surface area contributed by atoms with Crippen LogP contribution in [-0.2, 0) is 23.9 Å². The number of hydrogen-bond acceptors (Lipinski definition) is 11. The first-order chi connectivity index (χ1) is 20.6. The van der Waals surface area contributed by atoms with Gasteiger partial charge < -0.3 is 50.2 Å². The van der Waals surface area contributed by atoms with E-state index in [4.69, 9.17) is 14.2 Å². The summed E-state index contributed by atoms with van der Waals surface area (Å²) in [5.74, 6) is -5.06. The number of carbonyl (C=O) groups excluding carboxylic acids is 2. The molecule has 3 saturated heterocycles. The summed E-state index contributed by atoms with van der Waals surface area (Å²) in [4.78, 5) is 50.2. The van der Waals surface area contributed by atoms with Crippen molar-refractivity contribution in [3.63, 3.8) is 0 Å². The molecule has 0 radical (unpaired) electrons. The Balaban J connectivity index is 1.23. The molecule has 7 N–H and O–H groups in total. The fraction of sp³-hybridized carbons (Fsp3) is 0.600. The Morgan fingerprint density at radius 1 is 1.09 bits per heavy atom. The molecule has 14 heteroatoms. The number of anilines is 1. The lowest BCUT2D eigenvalue weighted by Gasteiger charge is -2.55. The minimum absolute atomic E-state index is 0.111. The minimum Gasteiger partial charge on any atom is -0.506 e. The van der Waals surface area contributed by atoms with Gasteiger partial charge in [0.2, 0.25) is 12.2 Å². The highest BCUT2D eigenvalue weighted by Crippen LogP contribution is 2.71. The maximum atomic E-state index is 13.3. The van der Waals surface area contributed by atoms with Crippen LogP contribution in [0.1, 0.15) is 56.3 Å². The SMILES string of the molecule is C[C@]12C[C@@]34C=CC(=O)[C@@](C)(CCC(=O)Nc5c(O)ccc(C(=O)O)c5OC5OC(C(=O)O)C(O)C(O)C5O)[C@@H]3[C@H](C[C@@H]1C4)O2. The normalized spacial score (nSPS) is 41.8. The average Bonchev–Trinajstić information content (AvgIpc) is 3.32. The zero-order valence-electron chi connectivity index (χ0n) is 24.0. The second-order valence-corrected chi connectivity index (χ2v) is 13.2. The molecule has 44 heavy (non-hydrogen) atoms. The van der Waals surface area contributed by atoms with E-state index < -0.39 is 76.7 Å². The zero-order valence-corrected chi connectivity index (χ0v) is 24.0. The van der Waals surface area contributed by atoms with Crippen molar-refractivity contribution in [2.24, 2.45) is 22.7 Å². The standard InChI is InChI=1S/C30H35NO13/c1-28(16(33)5-8-30-10-12-9-15(24(28)30)44-29(12,2)11-30)7-6-17(34)31-18-14(32)4-3-13(25(38)39)22(18)42-27-21(37)19(35)20(36)23(43-27)26(40)41/h3-5,8,12,15,19-21,23-24,27,32,35-37H,6-7,9-11H2,1-2H3,(H,31,34)(H,38,39)(H,40,41)/t12-,15+,19?,20?,21?,23?,24+,27?,28-,29+,30+/m1/s1. The summed E-state index contributed by atoms with van der Waals surface area (Å²) in [6.07, 6.45) is -4.12. The fourth-order valence-corrected chi connectivity index (χ4v) is 8.46. The van der Waals surface area contributed by atoms with Gasteiger partial charge in [-0.05, 0) is 62.1 Å². The van der Waals surface area contributed by atoms with E-state index in [1.54, 1.807) is 6.08 Å². The van der Waals surface area contributed by atoms with Crippen LogP contribution >= 0.6 is 0 Å². The van der Waals surface area contributed by atoms with Gasteiger partial charge in [-0.3, -0.25) is 9.59 Å². The number of benzene rings is 1. The maximum Gasteiger partial charge on any atom is 0.339 e. The molecule has 3 aliphatic carbocycles. The molecular weight excluding hydrogens is 582 g/mol. The third-order valence-corrected chi connectivity index (χ3v) is 10.5. The van der Waals surface area contributed by atoms with E-state index >= 15 is 0 Å². The van der Waals surface area contributed by atoms with Crippen LogP contribution in [0.4, 0.5) is 5.69 Å². The molecule has 11 atom stereocenters. The lowest BCUT2D eigenvalue weighted by atomic mass is 9.51. The zero-order chi connectivity index (χ0) is 31.9. The van der Waals surface area contributed by atoms with E-state index in [0.717, 1.165) is 31.4 Å². The number of ketones is 1. The quantitative estimate of drug-likeness (QED) is 0.200. The number of nitrogens with one attached hydrogen (secondary N) is 1. The molecule has 3 aliphatic heterocycles. The molecule has 238 valence electrons. The lowest BCUT2D eigenvalue weighted by molar-refractivity contribution is -0.271. The number of aliphatic carboxylic acids is 1. The summed E-state index contributed by atoms with van der Waals surface area (Å²) in [6.45, 7) is 3.96. The second kappa shape index (κ2) is 10.2. The van der Waals surface area contributed by atoms with Crippen LogP contribution in [0.2, 0.25) is 0 Å². The van der Waals surface area contributed by atoms with E-state index in [0.29, 0.717) is 5.92 Å². The number of aromatic carboxylic acids is 1. The Morgan fingerprint density at radius 2 is 1.82 bits per heavy atom. The number of allylic oxidation sites excluding steroid dienone is 2. The Bertz CT molecular complexity index is 1460. The fourth-order valence-electron chi connectivity index (χ4n) is 8.46. The van der Waals surface area contributed by atoms with Gasteiger partial charge >= 0.3 is 11.9 Å². The third-order valence-electron chi connectivity index (χ3n) is 10.5. The number of amides is 1. The lowest BCUT2D eigenvalue weighted by Crippen LogP contribution is -2.61. The predicted molar refractivity (Wildman–Crippen MR) is 147 cm³/mol. The van der Waals surface area contributed by atoms with E-state index in [1.807, 2.05) is 13.0 Å². The van der Waals surface area contributed by atoms with Crippen LogP contribution in [-0.4, -0.2) is 96.7 Å². The molecule has 4 bridgehead atoms. The molecule has 14 nitrogen and oxygen atoms in total. The van der Waals surface area contributed by atoms with Gasteiger partial charge in [0.1, 0.15) is 35.3 Å². The molecule has 2 saturated carbocycles. The summed E-state index contributed by atoms with van der Waals surface area (Å²) in [5.41, 5.74) is -2.43. The Labute approximate surface area is 251 Å². The molecule has 3 heterocycles. The van der Waals surface area contributed by atoms with Gasteiger partial charge in [-0.25, -0.2) is 9.59 Å². The Hall–Kier alpha value is -3.56. The van der Waals surface area contributed by atoms with Crippen molar-refractivity contribution in [3.05, 3.63) is 29.8 Å². The van der Waals surface area contributed by atoms with Gasteiger partial charge in [0.25, 0.3) is 0 Å². The number of carboxylic acids is 2. The number of phenolic OH excluding ortho intramolecular Hbond substituents is 1. The number of ether oxygens (including phenoxy) is 3. The van der Waals surface area contributed by atoms with Crippen LogP contribution in [0.5, 0.6) is 11.5 Å². The highest BCUT2D eigenvalue weighted by atomic mass is 16.7. The Kier molecular flexibility index (Phi) is 7.09. The number of aliphatic hydroxyl groups is 3. The smallest absolute Gasteiger partial charge is 0.339 e. The molecule has 5 unspecified atom stereocenters. The molecule has 0 aromatic heterocycles. The van der Waals surface area contributed by atoms with Gasteiger partial charge in [0, 0.05) is 17.8 Å². The molecule has 6 aliphatic rings. The third kappa shape index (κ3) is 4.50. The van der Waals surface area contributed by atoms with Crippen molar-refractivity contribution < 1.29 is 64.0 Å². The molecule has 7 rings (SSSR count). The minimum atomic E-state index is -2.04. The molecule has 1 aromatic rings. The van der Waals surface area contributed by atoms with Gasteiger partial charge in [-0.1, -0.05) is 13.0 Å². The monoisotopic (exact) mass is 617 g/mol. The number of carbonyl (C=O) groups is 4. The molecule has 1 aromatic carbocycles. The summed E-state index contributed by atoms with van der Waals surface area (Å²) < 4.78 is 17.0. The van der Waals surface area contributed by atoms with Crippen LogP contribution in [0.25, 0.3) is 0 Å². The molecular formula is C30H35NO13. The van der Waals surface area contributed by atoms with Crippen molar-refractivity contribution in [1.29, 1.82) is 0 Å². The summed E-state index contributed by atoms with van der Waals surface area (Å²) in [6, 6.07) is 1.95. The van der Waals surface area contributed by atoms with E-state index in [2.05, 4.69) is 12.2 Å². The van der Waals surface area contributed by atoms with Crippen molar-refractivity contribution in [3.8, 4) is 11.5 Å². The summed E-state index contributed by atoms with van der Waals surface area (Å²) in [5, 5.41) is 62.7. The number of aliphatic hydroxyl groups excluding tert-OH is 3. The highest BCUT2D eigenvalue weighted by Gasteiger charge is 2.71. The molecule has 5 fully saturated rings. The average molecular weight is 618 g/mol. The number of rotatable bonds is 8. The van der Waals surface area contributed by atoms with Crippen molar-refractivity contribution in [2.75, 3.05) is 5.32 Å². The number of phenols is 1. The topological polar surface area (TPSA) is 229 Å². The predicted octanol–water partition coefficient (Wildman–Crippen LogP) is 0.799. The first-order valence-electron chi connectivity index (χ1n) is 14.5. The van der Waals surface area contributed by atoms with Gasteiger partial charge in [0.15, 0.2) is 17.6 Å². The van der Waals surface area contributed by atoms with Gasteiger partial charge in [-0.2, -0.15) is 0 Å². The number of carboxylic acid groups (broad SMARTS) is 2. The van der Waals surface area contributed by atoms with Crippen LogP contribution < -0.4 is 10.1 Å². The van der Waals surface area contributed by atoms with Crippen LogP contribution in [0.15, 0.2) is 24.3 Å². The first-order valence-corrected chi connectivity index (χ1v) is 14.5. The Morgan fingerprint density at radius 3 is 2.48 bits per heavy atom. The van der Waals surface area contributed by atoms with Crippen LogP contribution in [0.3, 0.4) is 0 Å². The molecule has 1 amide bonds. The number of hydrogen-bond donors (Lipinski definition) is 7. The van der Waals surface area contributed by atoms with E-state index in [9.17, 15) is 49.8 Å². The maximum absolute atomic E-state index is 13.3. The van der Waals surface area contributed by atoms with Crippen molar-refractivity contribution >= 4 is 29.3 Å². The number of aromatic hydroxyl groups is 1. The summed E-state index contributed by atoms with van der Waals surface area (Å²) >= 11 is 0. The van der Waals surface area contributed by atoms with Crippen molar-refractivity contribution in [1.82, 2.24) is 0 Å². The first kappa shape index (κ1) is 30.5. The van der Waals surface area contributed by atoms with E-state index in [1.165, 1.54) is 0 Å². The van der Waals surface area contributed by atoms with Crippen molar-refractivity contribution in [2.45, 2.75) is 88.4 Å². The van der Waals surface area contributed by atoms with Gasteiger partial charge in [0.05, 0.1) is 11.7 Å². The van der Waals surface area contributed by atoms with E-state index in [-0.39, 0.29) is 41.7 Å². The highest BCUT2D eigenvalue weighted by molar-refractivity contribution is 6.01. The van der Waals surface area contributed by atoms with Gasteiger partial charge in [-0.15, -0.1) is 0 Å². The van der Waals surface area contributed by atoms with Crippen LogP contribution in [0, 0.1) is 22.7 Å². The second-order valence-electron chi connectivity index (χ2n) is 13.2. The molecule has 1 spiro atoms.